The largest absolute Gasteiger partial charge is 0.307 e. The fraction of sp³-hybridized carbons (Fsp3) is 0.625. The summed E-state index contributed by atoms with van der Waals surface area (Å²) in [7, 11) is 0. The number of hydrogen-bond acceptors (Lipinski definition) is 1. The summed E-state index contributed by atoms with van der Waals surface area (Å²) < 4.78 is 13.0. The maximum Gasteiger partial charge on any atom is 0.123 e. The Hall–Kier alpha value is -0.890. The van der Waals surface area contributed by atoms with E-state index in [1.54, 1.807) is 12.1 Å². The standard InChI is InChI=1S/C16H22FN/c1-2-15(12-5-7-14(17)8-6-12)18-16-10-11-3-4-13(16)9-11/h5-8,11,13,15-16,18H,2-4,9-10H2,1H3. The summed E-state index contributed by atoms with van der Waals surface area (Å²) in [6.45, 7) is 2.20. The Morgan fingerprint density at radius 2 is 2.00 bits per heavy atom. The van der Waals surface area contributed by atoms with E-state index in [2.05, 4.69) is 12.2 Å². The lowest BCUT2D eigenvalue weighted by Gasteiger charge is -2.28. The van der Waals surface area contributed by atoms with Crippen LogP contribution in [0.4, 0.5) is 4.39 Å². The highest BCUT2D eigenvalue weighted by atomic mass is 19.1. The summed E-state index contributed by atoms with van der Waals surface area (Å²) >= 11 is 0. The van der Waals surface area contributed by atoms with Gasteiger partial charge in [-0.1, -0.05) is 25.5 Å². The second kappa shape index (κ2) is 5.00. The molecule has 0 heterocycles. The van der Waals surface area contributed by atoms with Crippen LogP contribution in [0.5, 0.6) is 0 Å². The minimum absolute atomic E-state index is 0.145. The molecule has 2 fully saturated rings. The summed E-state index contributed by atoms with van der Waals surface area (Å²) in [5.74, 6) is 1.72. The quantitative estimate of drug-likeness (QED) is 0.846. The Morgan fingerprint density at radius 1 is 1.22 bits per heavy atom. The third kappa shape index (κ3) is 2.31. The maximum atomic E-state index is 13.0. The van der Waals surface area contributed by atoms with Crippen molar-refractivity contribution in [1.29, 1.82) is 0 Å². The van der Waals surface area contributed by atoms with Crippen LogP contribution in [0, 0.1) is 17.7 Å². The van der Waals surface area contributed by atoms with Gasteiger partial charge in [0.2, 0.25) is 0 Å². The predicted octanol–water partition coefficient (Wildman–Crippen LogP) is 4.06. The average molecular weight is 247 g/mol. The Morgan fingerprint density at radius 3 is 2.56 bits per heavy atom. The third-order valence-corrected chi connectivity index (χ3v) is 4.83. The fourth-order valence-corrected chi connectivity index (χ4v) is 3.85. The molecule has 2 heteroatoms. The van der Waals surface area contributed by atoms with Gasteiger partial charge in [0.1, 0.15) is 5.82 Å². The van der Waals surface area contributed by atoms with E-state index in [1.807, 2.05) is 12.1 Å². The molecule has 0 saturated heterocycles. The molecule has 2 bridgehead atoms. The Kier molecular flexibility index (Phi) is 3.38. The van der Waals surface area contributed by atoms with Gasteiger partial charge in [-0.2, -0.15) is 0 Å². The molecule has 18 heavy (non-hydrogen) atoms. The molecule has 0 spiro atoms. The van der Waals surface area contributed by atoms with Crippen molar-refractivity contribution < 1.29 is 4.39 Å². The van der Waals surface area contributed by atoms with Crippen molar-refractivity contribution in [2.75, 3.05) is 0 Å². The molecule has 0 radical (unpaired) electrons. The van der Waals surface area contributed by atoms with Crippen LogP contribution in [0.1, 0.15) is 50.6 Å². The molecule has 2 aliphatic carbocycles. The first kappa shape index (κ1) is 12.2. The normalized spacial score (nSPS) is 31.8. The molecule has 2 saturated carbocycles. The first-order chi connectivity index (χ1) is 8.76. The average Bonchev–Trinajstić information content (AvgIpc) is 2.99. The molecule has 0 aliphatic heterocycles. The van der Waals surface area contributed by atoms with Crippen LogP contribution in [-0.4, -0.2) is 6.04 Å². The van der Waals surface area contributed by atoms with Crippen LogP contribution in [0.2, 0.25) is 0 Å². The number of nitrogens with one attached hydrogen (secondary N) is 1. The summed E-state index contributed by atoms with van der Waals surface area (Å²) in [6.07, 6.45) is 6.69. The van der Waals surface area contributed by atoms with Gasteiger partial charge < -0.3 is 5.32 Å². The van der Waals surface area contributed by atoms with Gasteiger partial charge in [0.05, 0.1) is 0 Å². The zero-order chi connectivity index (χ0) is 12.5. The van der Waals surface area contributed by atoms with Gasteiger partial charge in [0.25, 0.3) is 0 Å². The second-order valence-electron chi connectivity index (χ2n) is 5.96. The molecular formula is C16H22FN. The molecule has 1 aromatic rings. The second-order valence-corrected chi connectivity index (χ2v) is 5.96. The number of rotatable bonds is 4. The lowest BCUT2D eigenvalue weighted by Crippen LogP contribution is -2.36. The Labute approximate surface area is 109 Å². The van der Waals surface area contributed by atoms with Gasteiger partial charge in [-0.3, -0.25) is 0 Å². The van der Waals surface area contributed by atoms with Crippen molar-refractivity contribution in [3.05, 3.63) is 35.6 Å². The van der Waals surface area contributed by atoms with E-state index in [0.29, 0.717) is 12.1 Å². The number of halogens is 1. The number of hydrogen-bond donors (Lipinski definition) is 1. The fourth-order valence-electron chi connectivity index (χ4n) is 3.85. The van der Waals surface area contributed by atoms with E-state index in [9.17, 15) is 4.39 Å². The Balaban J connectivity index is 1.67. The van der Waals surface area contributed by atoms with Crippen LogP contribution < -0.4 is 5.32 Å². The lowest BCUT2D eigenvalue weighted by molar-refractivity contribution is 0.315. The van der Waals surface area contributed by atoms with E-state index >= 15 is 0 Å². The van der Waals surface area contributed by atoms with E-state index < -0.39 is 0 Å². The van der Waals surface area contributed by atoms with Crippen molar-refractivity contribution in [2.24, 2.45) is 11.8 Å². The summed E-state index contributed by atoms with van der Waals surface area (Å²) in [5, 5.41) is 3.81. The highest BCUT2D eigenvalue weighted by molar-refractivity contribution is 5.20. The van der Waals surface area contributed by atoms with Gasteiger partial charge in [-0.25, -0.2) is 4.39 Å². The molecule has 2 aliphatic rings. The molecule has 0 aromatic heterocycles. The van der Waals surface area contributed by atoms with Crippen molar-refractivity contribution in [2.45, 2.75) is 51.1 Å². The zero-order valence-corrected chi connectivity index (χ0v) is 11.0. The molecule has 4 unspecified atom stereocenters. The Bertz CT molecular complexity index is 400. The van der Waals surface area contributed by atoms with Gasteiger partial charge in [-0.05, 0) is 55.2 Å². The zero-order valence-electron chi connectivity index (χ0n) is 11.0. The summed E-state index contributed by atoms with van der Waals surface area (Å²) in [5.41, 5.74) is 1.22. The first-order valence-electron chi connectivity index (χ1n) is 7.27. The lowest BCUT2D eigenvalue weighted by atomic mass is 9.93. The summed E-state index contributed by atoms with van der Waals surface area (Å²) in [4.78, 5) is 0. The van der Waals surface area contributed by atoms with Crippen LogP contribution in [-0.2, 0) is 0 Å². The van der Waals surface area contributed by atoms with Crippen molar-refractivity contribution >= 4 is 0 Å². The molecule has 3 rings (SSSR count). The molecule has 0 amide bonds. The topological polar surface area (TPSA) is 12.0 Å². The van der Waals surface area contributed by atoms with E-state index in [-0.39, 0.29) is 5.82 Å². The van der Waals surface area contributed by atoms with Gasteiger partial charge in [-0.15, -0.1) is 0 Å². The monoisotopic (exact) mass is 247 g/mol. The molecular weight excluding hydrogens is 225 g/mol. The molecule has 1 nitrogen and oxygen atoms in total. The SMILES string of the molecule is CCC(NC1CC2CCC1C2)c1ccc(F)cc1. The van der Waals surface area contributed by atoms with Crippen LogP contribution >= 0.6 is 0 Å². The van der Waals surface area contributed by atoms with Crippen molar-refractivity contribution in [1.82, 2.24) is 5.32 Å². The highest BCUT2D eigenvalue weighted by Gasteiger charge is 2.39. The minimum Gasteiger partial charge on any atom is -0.307 e. The van der Waals surface area contributed by atoms with E-state index in [0.717, 1.165) is 18.3 Å². The van der Waals surface area contributed by atoms with Gasteiger partial charge >= 0.3 is 0 Å². The number of benzene rings is 1. The minimum atomic E-state index is -0.145. The van der Waals surface area contributed by atoms with Gasteiger partial charge in [0, 0.05) is 12.1 Å². The van der Waals surface area contributed by atoms with Crippen molar-refractivity contribution in [3.63, 3.8) is 0 Å². The number of fused-ring (bicyclic) bond motifs is 2. The van der Waals surface area contributed by atoms with Crippen LogP contribution in [0.25, 0.3) is 0 Å². The van der Waals surface area contributed by atoms with E-state index in [4.69, 9.17) is 0 Å². The summed E-state index contributed by atoms with van der Waals surface area (Å²) in [6, 6.07) is 8.06. The predicted molar refractivity (Wildman–Crippen MR) is 71.8 cm³/mol. The van der Waals surface area contributed by atoms with Crippen molar-refractivity contribution in [3.8, 4) is 0 Å². The van der Waals surface area contributed by atoms with Crippen LogP contribution in [0.3, 0.4) is 0 Å². The van der Waals surface area contributed by atoms with Crippen LogP contribution in [0.15, 0.2) is 24.3 Å². The van der Waals surface area contributed by atoms with Gasteiger partial charge in [0.15, 0.2) is 0 Å². The maximum absolute atomic E-state index is 13.0. The smallest absolute Gasteiger partial charge is 0.123 e. The third-order valence-electron chi connectivity index (χ3n) is 4.83. The first-order valence-corrected chi connectivity index (χ1v) is 7.27. The molecule has 1 aromatic carbocycles. The molecule has 4 atom stereocenters. The van der Waals surface area contributed by atoms with E-state index in [1.165, 1.54) is 31.2 Å². The molecule has 98 valence electrons. The molecule has 1 N–H and O–H groups in total. The highest BCUT2D eigenvalue weighted by Crippen LogP contribution is 2.45.